The minimum Gasteiger partial charge on any atom is -0.491 e. The zero-order chi connectivity index (χ0) is 33.2. The number of benzene rings is 2. The maximum Gasteiger partial charge on any atom is 0.430 e. The minimum absolute atomic E-state index is 0.0229. The summed E-state index contributed by atoms with van der Waals surface area (Å²) in [5.74, 6) is -0.312. The third-order valence-corrected chi connectivity index (χ3v) is 8.30. The first kappa shape index (κ1) is 30.9. The van der Waals surface area contributed by atoms with Gasteiger partial charge < -0.3 is 31.7 Å². The van der Waals surface area contributed by atoms with Crippen LogP contribution in [0.5, 0.6) is 5.75 Å². The SMILES string of the molecule is Cc1c(/C=N/OC(N)=O)ccc2c1CCC2NC(=O)c1cc(C(=O)NCc2ccc3c(c2)CN(c2c(N)c(=O)c2=O)CCO3)ncn1. The van der Waals surface area contributed by atoms with Gasteiger partial charge in [0.25, 0.3) is 22.7 Å². The summed E-state index contributed by atoms with van der Waals surface area (Å²) in [4.78, 5) is 74.9. The molecule has 6 N–H and O–H groups in total. The van der Waals surface area contributed by atoms with E-state index in [1.165, 1.54) is 12.3 Å². The van der Waals surface area contributed by atoms with E-state index in [0.717, 1.165) is 46.1 Å². The molecule has 6 rings (SSSR count). The molecular formula is C32H30N8O7. The van der Waals surface area contributed by atoms with E-state index < -0.39 is 28.8 Å². The number of carbonyl (C=O) groups is 3. The number of hydrogen-bond donors (Lipinski definition) is 4. The van der Waals surface area contributed by atoms with Crippen molar-refractivity contribution in [2.24, 2.45) is 10.9 Å². The number of hydrogen-bond acceptors (Lipinski definition) is 12. The molecule has 1 atom stereocenters. The van der Waals surface area contributed by atoms with Gasteiger partial charge in [0.1, 0.15) is 41.4 Å². The third-order valence-electron chi connectivity index (χ3n) is 8.30. The van der Waals surface area contributed by atoms with Crippen LogP contribution in [0, 0.1) is 6.92 Å². The second-order valence-corrected chi connectivity index (χ2v) is 11.2. The van der Waals surface area contributed by atoms with Crippen molar-refractivity contribution in [3.05, 3.63) is 108 Å². The summed E-state index contributed by atoms with van der Waals surface area (Å²) in [7, 11) is 0. The number of amides is 3. The summed E-state index contributed by atoms with van der Waals surface area (Å²) in [5.41, 5.74) is 14.9. The molecule has 240 valence electrons. The van der Waals surface area contributed by atoms with E-state index in [1.54, 1.807) is 11.0 Å². The Kier molecular flexibility index (Phi) is 8.35. The second-order valence-electron chi connectivity index (χ2n) is 11.2. The van der Waals surface area contributed by atoms with E-state index in [1.807, 2.05) is 31.2 Å². The molecule has 15 nitrogen and oxygen atoms in total. The van der Waals surface area contributed by atoms with E-state index in [9.17, 15) is 24.0 Å². The van der Waals surface area contributed by atoms with Crippen LogP contribution < -0.4 is 42.6 Å². The maximum atomic E-state index is 13.2. The number of primary amides is 1. The summed E-state index contributed by atoms with van der Waals surface area (Å²) >= 11 is 0. The molecular weight excluding hydrogens is 608 g/mol. The fourth-order valence-electron chi connectivity index (χ4n) is 5.89. The quantitative estimate of drug-likeness (QED) is 0.0927. The van der Waals surface area contributed by atoms with Gasteiger partial charge in [0.15, 0.2) is 0 Å². The number of nitrogens with zero attached hydrogens (tertiary/aromatic N) is 4. The third kappa shape index (κ3) is 6.22. The molecule has 3 aromatic carbocycles. The normalized spacial score (nSPS) is 15.4. The molecule has 0 saturated carbocycles. The molecule has 3 amide bonds. The monoisotopic (exact) mass is 638 g/mol. The molecule has 1 aliphatic heterocycles. The molecule has 15 heteroatoms. The van der Waals surface area contributed by atoms with Crippen LogP contribution in [0.1, 0.15) is 66.8 Å². The van der Waals surface area contributed by atoms with Crippen molar-refractivity contribution < 1.29 is 24.0 Å². The topological polar surface area (TPSA) is 221 Å². The molecule has 1 unspecified atom stereocenters. The Bertz CT molecular complexity index is 2020. The Morgan fingerprint density at radius 1 is 1.11 bits per heavy atom. The number of rotatable bonds is 8. The number of oxime groups is 1. The first-order chi connectivity index (χ1) is 22.6. The van der Waals surface area contributed by atoms with Gasteiger partial charge in [-0.3, -0.25) is 24.0 Å². The Hall–Kier alpha value is -6.12. The van der Waals surface area contributed by atoms with Gasteiger partial charge >= 0.3 is 6.09 Å². The minimum atomic E-state index is -1.00. The summed E-state index contributed by atoms with van der Waals surface area (Å²) in [6, 6.07) is 10.2. The summed E-state index contributed by atoms with van der Waals surface area (Å²) in [6.45, 7) is 3.08. The molecule has 47 heavy (non-hydrogen) atoms. The molecule has 0 saturated heterocycles. The zero-order valence-corrected chi connectivity index (χ0v) is 25.2. The Morgan fingerprint density at radius 3 is 2.66 bits per heavy atom. The van der Waals surface area contributed by atoms with Crippen molar-refractivity contribution in [1.29, 1.82) is 0 Å². The zero-order valence-electron chi connectivity index (χ0n) is 25.2. The highest BCUT2D eigenvalue weighted by atomic mass is 16.7. The Morgan fingerprint density at radius 2 is 1.89 bits per heavy atom. The fraction of sp³-hybridized carbons (Fsp3) is 0.250. The number of nitrogen functional groups attached to an aromatic ring is 1. The first-order valence-corrected chi connectivity index (χ1v) is 14.7. The lowest BCUT2D eigenvalue weighted by atomic mass is 9.98. The molecule has 2 aliphatic rings. The fourth-order valence-corrected chi connectivity index (χ4v) is 5.89. The average molecular weight is 639 g/mol. The number of fused-ring (bicyclic) bond motifs is 2. The highest BCUT2D eigenvalue weighted by Gasteiger charge is 2.28. The molecule has 4 aromatic rings. The van der Waals surface area contributed by atoms with Gasteiger partial charge in [0.2, 0.25) is 0 Å². The second kappa shape index (κ2) is 12.7. The summed E-state index contributed by atoms with van der Waals surface area (Å²) in [5, 5.41) is 9.38. The van der Waals surface area contributed by atoms with Crippen molar-refractivity contribution in [1.82, 2.24) is 20.6 Å². The van der Waals surface area contributed by atoms with Crippen LogP contribution >= 0.6 is 0 Å². The number of carbonyl (C=O) groups excluding carboxylic acids is 3. The molecule has 1 aromatic heterocycles. The predicted molar refractivity (Wildman–Crippen MR) is 170 cm³/mol. The Balaban J connectivity index is 1.09. The highest BCUT2D eigenvalue weighted by molar-refractivity contribution is 5.97. The number of nitrogens with one attached hydrogen (secondary N) is 2. The molecule has 0 spiro atoms. The van der Waals surface area contributed by atoms with Gasteiger partial charge in [-0.2, -0.15) is 0 Å². The van der Waals surface area contributed by atoms with Crippen LogP contribution in [0.3, 0.4) is 0 Å². The van der Waals surface area contributed by atoms with Crippen molar-refractivity contribution in [2.75, 3.05) is 23.8 Å². The van der Waals surface area contributed by atoms with Gasteiger partial charge in [-0.05, 0) is 59.7 Å². The van der Waals surface area contributed by atoms with Crippen LogP contribution in [0.4, 0.5) is 16.2 Å². The molecule has 1 aliphatic carbocycles. The van der Waals surface area contributed by atoms with E-state index in [-0.39, 0.29) is 35.3 Å². The maximum absolute atomic E-state index is 13.2. The number of aromatic nitrogens is 2. The number of anilines is 2. The molecule has 0 radical (unpaired) electrons. The van der Waals surface area contributed by atoms with Crippen molar-refractivity contribution in [3.8, 4) is 5.75 Å². The summed E-state index contributed by atoms with van der Waals surface area (Å²) < 4.78 is 5.81. The largest absolute Gasteiger partial charge is 0.491 e. The average Bonchev–Trinajstić information content (AvgIpc) is 3.36. The summed E-state index contributed by atoms with van der Waals surface area (Å²) in [6.07, 6.45) is 2.96. The lowest BCUT2D eigenvalue weighted by molar-refractivity contribution is 0.0931. The number of nitrogens with two attached hydrogens (primary N) is 2. The smallest absolute Gasteiger partial charge is 0.430 e. The Labute approximate surface area is 267 Å². The van der Waals surface area contributed by atoms with E-state index in [2.05, 4.69) is 30.6 Å². The lowest BCUT2D eigenvalue weighted by Crippen LogP contribution is -2.43. The van der Waals surface area contributed by atoms with Gasteiger partial charge in [-0.15, -0.1) is 0 Å². The van der Waals surface area contributed by atoms with Crippen LogP contribution in [-0.2, 0) is 24.3 Å². The van der Waals surface area contributed by atoms with Crippen molar-refractivity contribution in [3.63, 3.8) is 0 Å². The van der Waals surface area contributed by atoms with E-state index in [0.29, 0.717) is 31.9 Å². The van der Waals surface area contributed by atoms with Crippen LogP contribution in [0.2, 0.25) is 0 Å². The van der Waals surface area contributed by atoms with Gasteiger partial charge in [-0.25, -0.2) is 14.8 Å². The molecule has 0 bridgehead atoms. The van der Waals surface area contributed by atoms with Gasteiger partial charge in [-0.1, -0.05) is 23.4 Å². The predicted octanol–water partition coefficient (Wildman–Crippen LogP) is 1.14. The first-order valence-electron chi connectivity index (χ1n) is 14.7. The standard InChI is InChI=1S/C32H30N8O7/c1-16-18(13-38-47-32(34)45)3-4-21-20(16)5-6-22(21)39-31(44)24-11-23(36-15-37-24)30(43)35-12-17-2-7-25-19(10-17)14-40(8-9-46-25)27-26(33)28(41)29(27)42/h2-4,7,10-11,13,15,22H,5-6,8-9,12,14,33H2,1H3,(H2,34,45)(H,35,43)(H,39,44)/b38-13+. The highest BCUT2D eigenvalue weighted by Crippen LogP contribution is 2.34. The van der Waals surface area contributed by atoms with E-state index >= 15 is 0 Å². The van der Waals surface area contributed by atoms with Crippen LogP contribution in [-0.4, -0.2) is 47.2 Å². The van der Waals surface area contributed by atoms with Gasteiger partial charge in [0, 0.05) is 24.7 Å². The lowest BCUT2D eigenvalue weighted by Gasteiger charge is -2.24. The van der Waals surface area contributed by atoms with E-state index in [4.69, 9.17) is 16.2 Å². The molecule has 2 heterocycles. The number of ether oxygens (including phenoxy) is 1. The van der Waals surface area contributed by atoms with Gasteiger partial charge in [0.05, 0.1) is 18.8 Å². The van der Waals surface area contributed by atoms with Crippen molar-refractivity contribution >= 4 is 35.5 Å². The molecule has 0 fully saturated rings. The van der Waals surface area contributed by atoms with Crippen LogP contribution in [0.15, 0.2) is 57.5 Å². The van der Waals surface area contributed by atoms with Crippen molar-refractivity contribution in [2.45, 2.75) is 38.9 Å². The van der Waals surface area contributed by atoms with Crippen LogP contribution in [0.25, 0.3) is 0 Å².